The Morgan fingerprint density at radius 1 is 1.18 bits per heavy atom. The molecule has 0 aliphatic heterocycles. The first-order valence-corrected chi connectivity index (χ1v) is 5.83. The molecule has 0 saturated carbocycles. The van der Waals surface area contributed by atoms with E-state index >= 15 is 0 Å². The highest BCUT2D eigenvalue weighted by atomic mass is 16.5. The van der Waals surface area contributed by atoms with E-state index in [1.54, 1.807) is 0 Å². The van der Waals surface area contributed by atoms with Crippen LogP contribution in [0.3, 0.4) is 0 Å². The lowest BCUT2D eigenvalue weighted by molar-refractivity contribution is -0.122. The maximum atomic E-state index is 10.3. The molecule has 0 fully saturated rings. The van der Waals surface area contributed by atoms with Crippen LogP contribution in [0.25, 0.3) is 0 Å². The third kappa shape index (κ3) is 9.38. The highest BCUT2D eigenvalue weighted by Gasteiger charge is 1.94. The van der Waals surface area contributed by atoms with Gasteiger partial charge >= 0.3 is 0 Å². The summed E-state index contributed by atoms with van der Waals surface area (Å²) in [6.07, 6.45) is 0.738. The first-order valence-electron chi connectivity index (χ1n) is 5.83. The molecular formula is C13H21NO3. The fourth-order valence-electron chi connectivity index (χ4n) is 1.04. The van der Waals surface area contributed by atoms with Crippen molar-refractivity contribution in [2.75, 3.05) is 19.8 Å². The van der Waals surface area contributed by atoms with Crippen molar-refractivity contribution in [2.24, 2.45) is 5.73 Å². The van der Waals surface area contributed by atoms with E-state index in [1.165, 1.54) is 0 Å². The average molecular weight is 239 g/mol. The van der Waals surface area contributed by atoms with Gasteiger partial charge in [-0.15, -0.1) is 0 Å². The average Bonchev–Trinajstić information content (AvgIpc) is 2.37. The number of para-hydroxylation sites is 1. The van der Waals surface area contributed by atoms with Crippen molar-refractivity contribution in [3.05, 3.63) is 30.3 Å². The van der Waals surface area contributed by atoms with Crippen molar-refractivity contribution in [3.8, 4) is 5.75 Å². The molecule has 0 heterocycles. The molecule has 0 spiro atoms. The van der Waals surface area contributed by atoms with Gasteiger partial charge < -0.3 is 15.2 Å². The minimum absolute atomic E-state index is 0.0225. The second-order valence-electron chi connectivity index (χ2n) is 3.03. The first-order chi connectivity index (χ1) is 8.29. The summed E-state index contributed by atoms with van der Waals surface area (Å²) in [5, 5.41) is 0. The molecule has 0 aliphatic rings. The molecule has 17 heavy (non-hydrogen) atoms. The number of amides is 1. The normalized spacial score (nSPS) is 9.06. The number of benzene rings is 1. The fraction of sp³-hybridized carbons (Fsp3) is 0.462. The van der Waals surface area contributed by atoms with Gasteiger partial charge in [0, 0.05) is 6.42 Å². The Balaban J connectivity index is 0.00000121. The van der Waals surface area contributed by atoms with E-state index in [2.05, 4.69) is 0 Å². The van der Waals surface area contributed by atoms with Crippen LogP contribution in [0.15, 0.2) is 30.3 Å². The van der Waals surface area contributed by atoms with Gasteiger partial charge in [-0.05, 0) is 12.1 Å². The number of carbonyl (C=O) groups is 1. The van der Waals surface area contributed by atoms with Crippen molar-refractivity contribution in [1.82, 2.24) is 0 Å². The Kier molecular flexibility index (Phi) is 9.95. The Hall–Kier alpha value is -1.55. The van der Waals surface area contributed by atoms with Crippen molar-refractivity contribution in [2.45, 2.75) is 20.3 Å². The van der Waals surface area contributed by atoms with Crippen LogP contribution in [0.5, 0.6) is 5.75 Å². The molecule has 0 atom stereocenters. The summed E-state index contributed by atoms with van der Waals surface area (Å²) in [4.78, 5) is 10.3. The number of carbonyl (C=O) groups excluding carboxylic acids is 1. The molecule has 2 N–H and O–H groups in total. The van der Waals surface area contributed by atoms with Crippen molar-refractivity contribution in [1.29, 1.82) is 0 Å². The highest BCUT2D eigenvalue weighted by molar-refractivity contribution is 5.74. The maximum Gasteiger partial charge on any atom is 0.243 e. The largest absolute Gasteiger partial charge is 0.494 e. The minimum Gasteiger partial charge on any atom is -0.494 e. The predicted octanol–water partition coefficient (Wildman–Crippen LogP) is 1.98. The monoisotopic (exact) mass is 239 g/mol. The van der Waals surface area contributed by atoms with Crippen LogP contribution in [-0.2, 0) is 9.53 Å². The summed E-state index contributed by atoms with van der Waals surface area (Å²) in [5.74, 6) is 0.395. The summed E-state index contributed by atoms with van der Waals surface area (Å²) in [6.45, 7) is 5.03. The molecule has 0 saturated heterocycles. The van der Waals surface area contributed by atoms with Crippen LogP contribution in [0, 0.1) is 0 Å². The smallest absolute Gasteiger partial charge is 0.243 e. The van der Waals surface area contributed by atoms with Crippen molar-refractivity contribution >= 4 is 5.91 Å². The lowest BCUT2D eigenvalue weighted by Crippen LogP contribution is -2.18. The molecule has 4 nitrogen and oxygen atoms in total. The van der Waals surface area contributed by atoms with Gasteiger partial charge in [-0.1, -0.05) is 32.0 Å². The number of primary amides is 1. The Morgan fingerprint density at radius 2 is 1.82 bits per heavy atom. The first kappa shape index (κ1) is 15.4. The van der Waals surface area contributed by atoms with Gasteiger partial charge in [-0.2, -0.15) is 0 Å². The lowest BCUT2D eigenvalue weighted by Gasteiger charge is -2.05. The summed E-state index contributed by atoms with van der Waals surface area (Å²) < 4.78 is 10.4. The van der Waals surface area contributed by atoms with Crippen molar-refractivity contribution in [3.63, 3.8) is 0 Å². The number of hydrogen-bond acceptors (Lipinski definition) is 3. The van der Waals surface area contributed by atoms with Gasteiger partial charge in [0.2, 0.25) is 5.91 Å². The van der Waals surface area contributed by atoms with Crippen LogP contribution in [0.1, 0.15) is 20.3 Å². The predicted molar refractivity (Wildman–Crippen MR) is 67.9 cm³/mol. The quantitative estimate of drug-likeness (QED) is 0.740. The van der Waals surface area contributed by atoms with Crippen LogP contribution in [0.2, 0.25) is 0 Å². The summed E-state index contributed by atoms with van der Waals surface area (Å²) in [5.41, 5.74) is 4.90. The molecule has 1 amide bonds. The van der Waals surface area contributed by atoms with E-state index in [-0.39, 0.29) is 6.61 Å². The molecule has 96 valence electrons. The summed E-state index contributed by atoms with van der Waals surface area (Å²) in [6, 6.07) is 9.55. The zero-order chi connectivity index (χ0) is 12.9. The van der Waals surface area contributed by atoms with Gasteiger partial charge in [0.25, 0.3) is 0 Å². The van der Waals surface area contributed by atoms with E-state index in [0.717, 1.165) is 12.2 Å². The zero-order valence-electron chi connectivity index (χ0n) is 10.5. The molecule has 0 bridgehead atoms. The highest BCUT2D eigenvalue weighted by Crippen LogP contribution is 2.08. The lowest BCUT2D eigenvalue weighted by atomic mass is 10.3. The third-order valence-corrected chi connectivity index (χ3v) is 1.69. The van der Waals surface area contributed by atoms with E-state index in [4.69, 9.17) is 15.2 Å². The second-order valence-corrected chi connectivity index (χ2v) is 3.03. The van der Waals surface area contributed by atoms with E-state index in [9.17, 15) is 4.79 Å². The molecule has 0 radical (unpaired) electrons. The molecule has 1 aromatic carbocycles. The minimum atomic E-state index is -0.445. The summed E-state index contributed by atoms with van der Waals surface area (Å²) in [7, 11) is 0. The molecule has 4 heteroatoms. The van der Waals surface area contributed by atoms with Crippen LogP contribution in [0.4, 0.5) is 0 Å². The third-order valence-electron chi connectivity index (χ3n) is 1.69. The van der Waals surface area contributed by atoms with E-state index < -0.39 is 5.91 Å². The van der Waals surface area contributed by atoms with Gasteiger partial charge in [-0.25, -0.2) is 0 Å². The molecule has 0 aliphatic carbocycles. The van der Waals surface area contributed by atoms with E-state index in [0.29, 0.717) is 13.2 Å². The van der Waals surface area contributed by atoms with E-state index in [1.807, 2.05) is 44.2 Å². The molecule has 0 unspecified atom stereocenters. The number of hydrogen-bond donors (Lipinski definition) is 1. The number of rotatable bonds is 7. The summed E-state index contributed by atoms with van der Waals surface area (Å²) >= 11 is 0. The standard InChI is InChI=1S/C11H15NO3.C2H6/c12-11(13)9-14-7-4-8-15-10-5-2-1-3-6-10;1-2/h1-3,5-6H,4,7-9H2,(H2,12,13);1-2H3. The Morgan fingerprint density at radius 3 is 2.41 bits per heavy atom. The number of nitrogens with two attached hydrogens (primary N) is 1. The molecule has 1 aromatic rings. The molecule has 1 rings (SSSR count). The Labute approximate surface area is 103 Å². The molecular weight excluding hydrogens is 218 g/mol. The second kappa shape index (κ2) is 11.0. The Bertz CT molecular complexity index is 288. The maximum absolute atomic E-state index is 10.3. The zero-order valence-corrected chi connectivity index (χ0v) is 10.5. The van der Waals surface area contributed by atoms with Crippen LogP contribution in [-0.4, -0.2) is 25.7 Å². The van der Waals surface area contributed by atoms with Gasteiger partial charge in [0.05, 0.1) is 13.2 Å². The van der Waals surface area contributed by atoms with Gasteiger partial charge in [-0.3, -0.25) is 4.79 Å². The molecule has 0 aromatic heterocycles. The van der Waals surface area contributed by atoms with Crippen LogP contribution >= 0.6 is 0 Å². The fourth-order valence-corrected chi connectivity index (χ4v) is 1.04. The number of ether oxygens (including phenoxy) is 2. The van der Waals surface area contributed by atoms with Crippen molar-refractivity contribution < 1.29 is 14.3 Å². The SMILES string of the molecule is CC.NC(=O)COCCCOc1ccccc1. The van der Waals surface area contributed by atoms with Gasteiger partial charge in [0.15, 0.2) is 0 Å². The van der Waals surface area contributed by atoms with Crippen LogP contribution < -0.4 is 10.5 Å². The van der Waals surface area contributed by atoms with Gasteiger partial charge in [0.1, 0.15) is 12.4 Å². The topological polar surface area (TPSA) is 61.6 Å².